The second-order valence-corrected chi connectivity index (χ2v) is 4.74. The Hall–Kier alpha value is -1.27. The molecule has 0 spiro atoms. The summed E-state index contributed by atoms with van der Waals surface area (Å²) < 4.78 is 19.3. The van der Waals surface area contributed by atoms with Gasteiger partial charge in [-0.05, 0) is 25.1 Å². The van der Waals surface area contributed by atoms with Crippen molar-refractivity contribution in [1.29, 1.82) is 0 Å². The van der Waals surface area contributed by atoms with Crippen molar-refractivity contribution >= 4 is 15.9 Å². The van der Waals surface area contributed by atoms with Crippen LogP contribution in [0.2, 0.25) is 0 Å². The number of aromatic nitrogens is 2. The molecule has 1 heterocycles. The van der Waals surface area contributed by atoms with Gasteiger partial charge in [-0.2, -0.15) is 4.98 Å². The van der Waals surface area contributed by atoms with Crippen LogP contribution in [0.3, 0.4) is 0 Å². The monoisotopic (exact) mass is 299 g/mol. The van der Waals surface area contributed by atoms with E-state index in [-0.39, 0.29) is 17.5 Å². The van der Waals surface area contributed by atoms with E-state index in [4.69, 9.17) is 10.3 Å². The van der Waals surface area contributed by atoms with Gasteiger partial charge >= 0.3 is 0 Å². The normalized spacial score (nSPS) is 12.7. The molecule has 1 aromatic heterocycles. The van der Waals surface area contributed by atoms with Crippen LogP contribution in [0, 0.1) is 5.82 Å². The number of benzene rings is 1. The Morgan fingerprint density at radius 3 is 2.94 bits per heavy atom. The van der Waals surface area contributed by atoms with E-state index in [0.29, 0.717) is 16.7 Å². The van der Waals surface area contributed by atoms with Crippen LogP contribution in [-0.4, -0.2) is 16.2 Å². The van der Waals surface area contributed by atoms with E-state index in [9.17, 15) is 4.39 Å². The van der Waals surface area contributed by atoms with E-state index >= 15 is 0 Å². The van der Waals surface area contributed by atoms with Crippen LogP contribution in [0.4, 0.5) is 4.39 Å². The predicted molar refractivity (Wildman–Crippen MR) is 64.7 cm³/mol. The number of halogens is 2. The Labute approximate surface area is 106 Å². The minimum absolute atomic E-state index is 0.0600. The molecule has 17 heavy (non-hydrogen) atoms. The van der Waals surface area contributed by atoms with Crippen LogP contribution < -0.4 is 5.73 Å². The zero-order valence-corrected chi connectivity index (χ0v) is 10.7. The van der Waals surface area contributed by atoms with Crippen molar-refractivity contribution < 1.29 is 8.91 Å². The van der Waals surface area contributed by atoms with Gasteiger partial charge in [-0.15, -0.1) is 0 Å². The molecule has 0 radical (unpaired) electrons. The molecule has 1 atom stereocenters. The van der Waals surface area contributed by atoms with Crippen molar-refractivity contribution in [2.24, 2.45) is 5.73 Å². The van der Waals surface area contributed by atoms with Crippen molar-refractivity contribution in [2.45, 2.75) is 19.4 Å². The molecule has 0 saturated carbocycles. The van der Waals surface area contributed by atoms with E-state index in [1.165, 1.54) is 6.07 Å². The molecule has 0 aliphatic heterocycles. The standard InChI is InChI=1S/C11H11BrFN3O/c1-6(14)4-10-15-11(17-16-10)8-3-2-7(12)5-9(8)13/h2-3,5-6H,4,14H2,1H3. The molecule has 2 rings (SSSR count). The average molecular weight is 300 g/mol. The molecular weight excluding hydrogens is 289 g/mol. The maximum atomic E-state index is 13.6. The third-order valence-corrected chi connectivity index (χ3v) is 2.63. The highest BCUT2D eigenvalue weighted by Crippen LogP contribution is 2.24. The van der Waals surface area contributed by atoms with E-state index in [0.717, 1.165) is 0 Å². The van der Waals surface area contributed by atoms with Gasteiger partial charge in [0.05, 0.1) is 5.56 Å². The Bertz CT molecular complexity index is 527. The SMILES string of the molecule is CC(N)Cc1noc(-c2ccc(Br)cc2F)n1. The summed E-state index contributed by atoms with van der Waals surface area (Å²) in [5.74, 6) is 0.248. The molecule has 0 saturated heterocycles. The van der Waals surface area contributed by atoms with Crippen molar-refractivity contribution in [3.8, 4) is 11.5 Å². The lowest BCUT2D eigenvalue weighted by atomic mass is 10.2. The minimum Gasteiger partial charge on any atom is -0.334 e. The lowest BCUT2D eigenvalue weighted by Gasteiger charge is -1.98. The van der Waals surface area contributed by atoms with Crippen LogP contribution in [0.25, 0.3) is 11.5 Å². The predicted octanol–water partition coefficient (Wildman–Crippen LogP) is 2.53. The number of nitrogens with two attached hydrogens (primary N) is 1. The molecule has 1 unspecified atom stereocenters. The Balaban J connectivity index is 2.30. The third-order valence-electron chi connectivity index (χ3n) is 2.13. The van der Waals surface area contributed by atoms with Crippen LogP contribution >= 0.6 is 15.9 Å². The van der Waals surface area contributed by atoms with Gasteiger partial charge in [0.2, 0.25) is 0 Å². The molecule has 2 aromatic rings. The fraction of sp³-hybridized carbons (Fsp3) is 0.273. The minimum atomic E-state index is -0.407. The largest absolute Gasteiger partial charge is 0.334 e. The number of nitrogens with zero attached hydrogens (tertiary/aromatic N) is 2. The smallest absolute Gasteiger partial charge is 0.260 e. The number of hydrogen-bond donors (Lipinski definition) is 1. The molecule has 0 amide bonds. The third kappa shape index (κ3) is 2.89. The molecule has 1 aromatic carbocycles. The lowest BCUT2D eigenvalue weighted by Crippen LogP contribution is -2.18. The first-order valence-corrected chi connectivity index (χ1v) is 5.89. The van der Waals surface area contributed by atoms with E-state index in [1.54, 1.807) is 12.1 Å². The molecule has 0 fully saturated rings. The van der Waals surface area contributed by atoms with E-state index in [1.807, 2.05) is 6.92 Å². The van der Waals surface area contributed by atoms with Gasteiger partial charge in [0.25, 0.3) is 5.89 Å². The highest BCUT2D eigenvalue weighted by molar-refractivity contribution is 9.10. The highest BCUT2D eigenvalue weighted by atomic mass is 79.9. The van der Waals surface area contributed by atoms with Gasteiger partial charge in [0.15, 0.2) is 5.82 Å². The van der Waals surface area contributed by atoms with Gasteiger partial charge in [0, 0.05) is 16.9 Å². The molecule has 0 bridgehead atoms. The van der Waals surface area contributed by atoms with Crippen LogP contribution in [0.1, 0.15) is 12.7 Å². The van der Waals surface area contributed by atoms with E-state index < -0.39 is 5.82 Å². The van der Waals surface area contributed by atoms with Gasteiger partial charge in [-0.25, -0.2) is 4.39 Å². The quantitative estimate of drug-likeness (QED) is 0.946. The fourth-order valence-electron chi connectivity index (χ4n) is 1.40. The fourth-order valence-corrected chi connectivity index (χ4v) is 1.73. The molecule has 90 valence electrons. The zero-order valence-electron chi connectivity index (χ0n) is 9.15. The van der Waals surface area contributed by atoms with Crippen molar-refractivity contribution in [3.05, 3.63) is 34.3 Å². The molecule has 0 aliphatic rings. The number of rotatable bonds is 3. The summed E-state index contributed by atoms with van der Waals surface area (Å²) in [5.41, 5.74) is 5.91. The second-order valence-electron chi connectivity index (χ2n) is 3.82. The second kappa shape index (κ2) is 4.93. The van der Waals surface area contributed by atoms with Gasteiger partial charge in [-0.1, -0.05) is 21.1 Å². The van der Waals surface area contributed by atoms with Crippen LogP contribution in [-0.2, 0) is 6.42 Å². The summed E-state index contributed by atoms with van der Waals surface area (Å²) in [6.45, 7) is 1.84. The maximum absolute atomic E-state index is 13.6. The first kappa shape index (κ1) is 12.2. The molecule has 2 N–H and O–H groups in total. The summed E-state index contributed by atoms with van der Waals surface area (Å²) >= 11 is 3.18. The summed E-state index contributed by atoms with van der Waals surface area (Å²) in [4.78, 5) is 4.10. The van der Waals surface area contributed by atoms with Gasteiger partial charge in [0.1, 0.15) is 5.82 Å². The average Bonchev–Trinajstić information content (AvgIpc) is 2.65. The van der Waals surface area contributed by atoms with Crippen LogP contribution in [0.15, 0.2) is 27.2 Å². The summed E-state index contributed by atoms with van der Waals surface area (Å²) in [6, 6.07) is 4.59. The topological polar surface area (TPSA) is 64.9 Å². The molecular formula is C11H11BrFN3O. The first-order valence-electron chi connectivity index (χ1n) is 5.10. The molecule has 4 nitrogen and oxygen atoms in total. The molecule has 0 aliphatic carbocycles. The maximum Gasteiger partial charge on any atom is 0.260 e. The first-order chi connectivity index (χ1) is 8.06. The lowest BCUT2D eigenvalue weighted by molar-refractivity contribution is 0.418. The van der Waals surface area contributed by atoms with Crippen molar-refractivity contribution in [1.82, 2.24) is 10.1 Å². The van der Waals surface area contributed by atoms with Gasteiger partial charge in [-0.3, -0.25) is 0 Å². The van der Waals surface area contributed by atoms with E-state index in [2.05, 4.69) is 26.1 Å². The van der Waals surface area contributed by atoms with Crippen molar-refractivity contribution in [2.75, 3.05) is 0 Å². The van der Waals surface area contributed by atoms with Crippen molar-refractivity contribution in [3.63, 3.8) is 0 Å². The highest BCUT2D eigenvalue weighted by Gasteiger charge is 2.14. The number of hydrogen-bond acceptors (Lipinski definition) is 4. The van der Waals surface area contributed by atoms with Gasteiger partial charge < -0.3 is 10.3 Å². The summed E-state index contributed by atoms with van der Waals surface area (Å²) in [6.07, 6.45) is 0.502. The zero-order chi connectivity index (χ0) is 12.4. The summed E-state index contributed by atoms with van der Waals surface area (Å²) in [7, 11) is 0. The Kier molecular flexibility index (Phi) is 3.54. The van der Waals surface area contributed by atoms with Crippen LogP contribution in [0.5, 0.6) is 0 Å². The molecule has 6 heteroatoms. The Morgan fingerprint density at radius 2 is 2.29 bits per heavy atom. The summed E-state index contributed by atoms with van der Waals surface area (Å²) in [5, 5.41) is 3.75. The Morgan fingerprint density at radius 1 is 1.53 bits per heavy atom.